The molecule has 2 rings (SSSR count). The maximum atomic E-state index is 13.0. The van der Waals surface area contributed by atoms with Crippen LogP contribution in [0.1, 0.15) is 44.0 Å². The summed E-state index contributed by atoms with van der Waals surface area (Å²) in [5.41, 5.74) is 0.375. The molecule has 1 aromatic rings. The molecule has 0 aliphatic carbocycles. The summed E-state index contributed by atoms with van der Waals surface area (Å²) in [4.78, 5) is 15.0. The zero-order chi connectivity index (χ0) is 17.0. The Labute approximate surface area is 138 Å². The van der Waals surface area contributed by atoms with E-state index in [-0.39, 0.29) is 17.6 Å². The molecule has 1 heterocycles. The summed E-state index contributed by atoms with van der Waals surface area (Å²) in [6.07, 6.45) is 1.70. The van der Waals surface area contributed by atoms with Crippen LogP contribution in [0.3, 0.4) is 0 Å². The molecule has 5 nitrogen and oxygen atoms in total. The fraction of sp³-hybridized carbons (Fsp3) is 0.611. The predicted molar refractivity (Wildman–Crippen MR) is 89.3 cm³/mol. The van der Waals surface area contributed by atoms with Crippen molar-refractivity contribution in [2.75, 3.05) is 27.4 Å². The largest absolute Gasteiger partial charge is 0.497 e. The summed E-state index contributed by atoms with van der Waals surface area (Å²) >= 11 is 0. The van der Waals surface area contributed by atoms with E-state index in [0.717, 1.165) is 12.8 Å². The van der Waals surface area contributed by atoms with Crippen LogP contribution in [0.5, 0.6) is 11.5 Å². The van der Waals surface area contributed by atoms with Crippen molar-refractivity contribution >= 4 is 5.91 Å². The maximum absolute atomic E-state index is 13.0. The van der Waals surface area contributed by atoms with Gasteiger partial charge in [-0.05, 0) is 45.7 Å². The van der Waals surface area contributed by atoms with Crippen LogP contribution in [-0.4, -0.2) is 49.8 Å². The molecule has 0 radical (unpaired) electrons. The molecule has 1 amide bonds. The second-order valence-corrected chi connectivity index (χ2v) is 6.41. The molecule has 1 saturated heterocycles. The zero-order valence-corrected chi connectivity index (χ0v) is 14.7. The van der Waals surface area contributed by atoms with E-state index < -0.39 is 0 Å². The zero-order valence-electron chi connectivity index (χ0n) is 14.7. The maximum Gasteiger partial charge on any atom is 0.257 e. The van der Waals surface area contributed by atoms with Gasteiger partial charge in [-0.2, -0.15) is 0 Å². The third kappa shape index (κ3) is 3.96. The first-order chi connectivity index (χ1) is 10.9. The Bertz CT molecular complexity index is 556. The summed E-state index contributed by atoms with van der Waals surface area (Å²) in [5, 5.41) is 0. The van der Waals surface area contributed by atoms with Crippen molar-refractivity contribution in [1.29, 1.82) is 0 Å². The van der Waals surface area contributed by atoms with E-state index in [1.165, 1.54) is 0 Å². The third-order valence-corrected chi connectivity index (χ3v) is 4.35. The fourth-order valence-corrected chi connectivity index (χ4v) is 3.16. The van der Waals surface area contributed by atoms with Crippen LogP contribution in [0, 0.1) is 0 Å². The highest BCUT2D eigenvalue weighted by Gasteiger charge is 2.34. The normalized spacial score (nSPS) is 20.0. The van der Waals surface area contributed by atoms with Crippen molar-refractivity contribution in [3.05, 3.63) is 23.8 Å². The van der Waals surface area contributed by atoms with Crippen molar-refractivity contribution in [3.8, 4) is 11.5 Å². The Morgan fingerprint density at radius 2 is 2.09 bits per heavy atom. The summed E-state index contributed by atoms with van der Waals surface area (Å²) < 4.78 is 16.4. The fourth-order valence-electron chi connectivity index (χ4n) is 3.16. The Balaban J connectivity index is 2.26. The summed E-state index contributed by atoms with van der Waals surface area (Å²) in [7, 11) is 3.16. The molecule has 1 fully saturated rings. The van der Waals surface area contributed by atoms with Crippen molar-refractivity contribution in [2.24, 2.45) is 0 Å². The molecule has 23 heavy (non-hydrogen) atoms. The predicted octanol–water partition coefficient (Wildman–Crippen LogP) is 3.12. The molecule has 128 valence electrons. The minimum atomic E-state index is -0.194. The van der Waals surface area contributed by atoms with Crippen molar-refractivity contribution in [3.63, 3.8) is 0 Å². The minimum absolute atomic E-state index is 0.00490. The quantitative estimate of drug-likeness (QED) is 0.836. The molecule has 5 heteroatoms. The van der Waals surface area contributed by atoms with Crippen molar-refractivity contribution in [1.82, 2.24) is 4.90 Å². The van der Waals surface area contributed by atoms with Crippen molar-refractivity contribution < 1.29 is 19.0 Å². The van der Waals surface area contributed by atoms with Gasteiger partial charge in [0, 0.05) is 25.3 Å². The van der Waals surface area contributed by atoms with Gasteiger partial charge in [-0.3, -0.25) is 4.79 Å². The number of carbonyl (C=O) groups excluding carboxylic acids is 1. The monoisotopic (exact) mass is 321 g/mol. The lowest BCUT2D eigenvalue weighted by molar-refractivity contribution is -0.0777. The van der Waals surface area contributed by atoms with E-state index in [0.29, 0.717) is 30.2 Å². The van der Waals surface area contributed by atoms with E-state index in [9.17, 15) is 4.79 Å². The van der Waals surface area contributed by atoms with Crippen LogP contribution < -0.4 is 9.47 Å². The van der Waals surface area contributed by atoms with Gasteiger partial charge >= 0.3 is 0 Å². The number of rotatable bonds is 5. The first-order valence-electron chi connectivity index (χ1n) is 8.08. The average molecular weight is 321 g/mol. The second kappa shape index (κ2) is 7.21. The third-order valence-electron chi connectivity index (χ3n) is 4.35. The molecular formula is C18H27NO4. The van der Waals surface area contributed by atoms with Crippen LogP contribution >= 0.6 is 0 Å². The molecule has 1 atom stereocenters. The number of hydrogen-bond donors (Lipinski definition) is 0. The minimum Gasteiger partial charge on any atom is -0.497 e. The van der Waals surface area contributed by atoms with E-state index in [2.05, 4.69) is 13.8 Å². The van der Waals surface area contributed by atoms with Gasteiger partial charge in [0.15, 0.2) is 0 Å². The number of nitrogens with zero attached hydrogens (tertiary/aromatic N) is 1. The molecule has 0 saturated carbocycles. The van der Waals surface area contributed by atoms with Crippen LogP contribution in [0.4, 0.5) is 0 Å². The SMILES string of the molecule is CCN(C(=O)c1ccc(OC)cc1OC)[C@@H]1CCOC(C)(C)C1. The Morgan fingerprint density at radius 1 is 1.35 bits per heavy atom. The summed E-state index contributed by atoms with van der Waals surface area (Å²) in [6.45, 7) is 7.50. The Morgan fingerprint density at radius 3 is 2.65 bits per heavy atom. The lowest BCUT2D eigenvalue weighted by atomic mass is 9.92. The molecule has 1 aromatic carbocycles. The van der Waals surface area contributed by atoms with Crippen LogP contribution in [-0.2, 0) is 4.74 Å². The number of amides is 1. The van der Waals surface area contributed by atoms with E-state index >= 15 is 0 Å². The lowest BCUT2D eigenvalue weighted by Crippen LogP contribution is -2.48. The molecule has 0 spiro atoms. The first-order valence-corrected chi connectivity index (χ1v) is 8.08. The number of ether oxygens (including phenoxy) is 3. The van der Waals surface area contributed by atoms with Gasteiger partial charge < -0.3 is 19.1 Å². The molecule has 0 unspecified atom stereocenters. The number of benzene rings is 1. The molecule has 0 aromatic heterocycles. The highest BCUT2D eigenvalue weighted by molar-refractivity contribution is 5.97. The topological polar surface area (TPSA) is 48.0 Å². The van der Waals surface area contributed by atoms with Gasteiger partial charge in [0.2, 0.25) is 0 Å². The Kier molecular flexibility index (Phi) is 5.52. The van der Waals surface area contributed by atoms with Gasteiger partial charge in [0.1, 0.15) is 11.5 Å². The van der Waals surface area contributed by atoms with Gasteiger partial charge in [-0.1, -0.05) is 0 Å². The smallest absolute Gasteiger partial charge is 0.257 e. The van der Waals surface area contributed by atoms with Crippen molar-refractivity contribution in [2.45, 2.75) is 45.3 Å². The average Bonchev–Trinajstić information content (AvgIpc) is 2.53. The van der Waals surface area contributed by atoms with E-state index in [4.69, 9.17) is 14.2 Å². The van der Waals surface area contributed by atoms with Gasteiger partial charge in [0.25, 0.3) is 5.91 Å². The lowest BCUT2D eigenvalue weighted by Gasteiger charge is -2.41. The molecule has 0 bridgehead atoms. The molecule has 1 aliphatic rings. The second-order valence-electron chi connectivity index (χ2n) is 6.41. The van der Waals surface area contributed by atoms with Gasteiger partial charge in [0.05, 0.1) is 25.4 Å². The van der Waals surface area contributed by atoms with E-state index in [1.807, 2.05) is 11.8 Å². The summed E-state index contributed by atoms with van der Waals surface area (Å²) in [5.74, 6) is 1.21. The molecule has 1 aliphatic heterocycles. The number of hydrogen-bond acceptors (Lipinski definition) is 4. The standard InChI is InChI=1S/C18H27NO4/c1-6-19(13-9-10-23-18(2,3)12-13)17(20)15-8-7-14(21-4)11-16(15)22-5/h7-8,11,13H,6,9-10,12H2,1-5H3/t13-/m1/s1. The van der Waals surface area contributed by atoms with Crippen LogP contribution in [0.15, 0.2) is 18.2 Å². The number of methoxy groups -OCH3 is 2. The Hall–Kier alpha value is -1.75. The highest BCUT2D eigenvalue weighted by atomic mass is 16.5. The first kappa shape index (κ1) is 17.6. The molecular weight excluding hydrogens is 294 g/mol. The van der Waals surface area contributed by atoms with Crippen LogP contribution in [0.25, 0.3) is 0 Å². The van der Waals surface area contributed by atoms with E-state index in [1.54, 1.807) is 32.4 Å². The molecule has 0 N–H and O–H groups in total. The van der Waals surface area contributed by atoms with Gasteiger partial charge in [-0.25, -0.2) is 0 Å². The van der Waals surface area contributed by atoms with Crippen LogP contribution in [0.2, 0.25) is 0 Å². The highest BCUT2D eigenvalue weighted by Crippen LogP contribution is 2.31. The number of carbonyl (C=O) groups is 1. The van der Waals surface area contributed by atoms with Gasteiger partial charge in [-0.15, -0.1) is 0 Å². The summed E-state index contributed by atoms with van der Waals surface area (Å²) in [6, 6.07) is 5.49.